The lowest BCUT2D eigenvalue weighted by molar-refractivity contribution is 0.570. The second kappa shape index (κ2) is 3.61. The van der Waals surface area contributed by atoms with Crippen LogP contribution in [0.5, 0.6) is 0 Å². The molecule has 1 aromatic carbocycles. The molecule has 1 aliphatic rings. The summed E-state index contributed by atoms with van der Waals surface area (Å²) in [7, 11) is 0. The monoisotopic (exact) mass is 206 g/mol. The van der Waals surface area contributed by atoms with Crippen LogP contribution in [0.15, 0.2) is 12.1 Å². The van der Waals surface area contributed by atoms with Gasteiger partial charge < -0.3 is 5.73 Å². The molecule has 0 heterocycles. The van der Waals surface area contributed by atoms with Gasteiger partial charge in [-0.25, -0.2) is 0 Å². The molecule has 0 saturated heterocycles. The Morgan fingerprint density at radius 2 is 2.29 bits per heavy atom. The Morgan fingerprint density at radius 1 is 1.50 bits per heavy atom. The van der Waals surface area contributed by atoms with Gasteiger partial charge in [-0.1, -0.05) is 17.7 Å². The quantitative estimate of drug-likeness (QED) is 0.709. The Morgan fingerprint density at radius 3 is 3.00 bits per heavy atom. The summed E-state index contributed by atoms with van der Waals surface area (Å²) in [6, 6.07) is 5.94. The maximum atomic E-state index is 8.99. The van der Waals surface area contributed by atoms with Crippen molar-refractivity contribution in [3.8, 4) is 6.07 Å². The summed E-state index contributed by atoms with van der Waals surface area (Å²) in [5, 5.41) is 9.53. The van der Waals surface area contributed by atoms with Crippen LogP contribution in [0.4, 0.5) is 0 Å². The molecule has 0 aromatic heterocycles. The van der Waals surface area contributed by atoms with E-state index in [0.29, 0.717) is 10.6 Å². The average molecular weight is 207 g/mol. The van der Waals surface area contributed by atoms with E-state index >= 15 is 0 Å². The number of nitriles is 1. The number of fused-ring (bicyclic) bond motifs is 1. The second-order valence-electron chi connectivity index (χ2n) is 3.60. The Hall–Kier alpha value is -1.04. The highest BCUT2D eigenvalue weighted by Gasteiger charge is 2.20. The minimum atomic E-state index is 0.0723. The number of hydrogen-bond acceptors (Lipinski definition) is 2. The van der Waals surface area contributed by atoms with Crippen LogP contribution < -0.4 is 5.73 Å². The number of halogens is 1. The smallest absolute Gasteiger partial charge is 0.101 e. The summed E-state index contributed by atoms with van der Waals surface area (Å²) in [5.74, 6) is 0. The first-order chi connectivity index (χ1) is 6.74. The van der Waals surface area contributed by atoms with E-state index in [-0.39, 0.29) is 6.04 Å². The van der Waals surface area contributed by atoms with E-state index in [1.165, 1.54) is 0 Å². The lowest BCUT2D eigenvalue weighted by atomic mass is 9.85. The largest absolute Gasteiger partial charge is 0.324 e. The SMILES string of the molecule is N#Cc1c(Cl)ccc2c1CCCC2N. The van der Waals surface area contributed by atoms with Crippen LogP contribution in [-0.2, 0) is 6.42 Å². The fourth-order valence-corrected chi connectivity index (χ4v) is 2.25. The summed E-state index contributed by atoms with van der Waals surface area (Å²) < 4.78 is 0. The molecular weight excluding hydrogens is 196 g/mol. The van der Waals surface area contributed by atoms with Crippen LogP contribution in [-0.4, -0.2) is 0 Å². The van der Waals surface area contributed by atoms with Crippen molar-refractivity contribution in [2.75, 3.05) is 0 Å². The van der Waals surface area contributed by atoms with Gasteiger partial charge in [-0.05, 0) is 36.5 Å². The predicted octanol–water partition coefficient (Wildman–Crippen LogP) is 2.55. The fraction of sp³-hybridized carbons (Fsp3) is 0.364. The zero-order chi connectivity index (χ0) is 10.1. The summed E-state index contributed by atoms with van der Waals surface area (Å²) in [6.07, 6.45) is 2.97. The van der Waals surface area contributed by atoms with Crippen LogP contribution in [0.3, 0.4) is 0 Å². The molecule has 14 heavy (non-hydrogen) atoms. The molecule has 72 valence electrons. The third kappa shape index (κ3) is 1.39. The molecule has 1 aromatic rings. The van der Waals surface area contributed by atoms with Crippen molar-refractivity contribution in [1.29, 1.82) is 5.26 Å². The molecule has 0 radical (unpaired) electrons. The van der Waals surface area contributed by atoms with Gasteiger partial charge in [-0.2, -0.15) is 5.26 Å². The molecule has 0 aliphatic heterocycles. The molecule has 3 heteroatoms. The van der Waals surface area contributed by atoms with E-state index < -0.39 is 0 Å². The standard InChI is InChI=1S/C11H11ClN2/c12-10-5-4-8-7(9(10)6-13)2-1-3-11(8)14/h4-5,11H,1-3,14H2. The molecule has 2 nitrogen and oxygen atoms in total. The van der Waals surface area contributed by atoms with Gasteiger partial charge in [0.2, 0.25) is 0 Å². The summed E-state index contributed by atoms with van der Waals surface area (Å²) >= 11 is 5.95. The number of nitrogens with two attached hydrogens (primary N) is 1. The topological polar surface area (TPSA) is 49.8 Å². The van der Waals surface area contributed by atoms with Crippen LogP contribution in [0.1, 0.15) is 35.6 Å². The van der Waals surface area contributed by atoms with Crippen molar-refractivity contribution in [1.82, 2.24) is 0 Å². The summed E-state index contributed by atoms with van der Waals surface area (Å²) in [4.78, 5) is 0. The van der Waals surface area contributed by atoms with Crippen LogP contribution in [0.25, 0.3) is 0 Å². The second-order valence-corrected chi connectivity index (χ2v) is 4.01. The van der Waals surface area contributed by atoms with E-state index in [4.69, 9.17) is 22.6 Å². The zero-order valence-electron chi connectivity index (χ0n) is 7.76. The van der Waals surface area contributed by atoms with E-state index in [1.807, 2.05) is 6.07 Å². The summed E-state index contributed by atoms with van der Waals surface area (Å²) in [6.45, 7) is 0. The molecule has 1 atom stereocenters. The minimum absolute atomic E-state index is 0.0723. The normalized spacial score (nSPS) is 19.9. The van der Waals surface area contributed by atoms with Gasteiger partial charge in [0.1, 0.15) is 6.07 Å². The lowest BCUT2D eigenvalue weighted by Crippen LogP contribution is -2.18. The van der Waals surface area contributed by atoms with Crippen LogP contribution in [0, 0.1) is 11.3 Å². The van der Waals surface area contributed by atoms with Gasteiger partial charge in [0, 0.05) is 6.04 Å². The lowest BCUT2D eigenvalue weighted by Gasteiger charge is -2.23. The molecule has 0 saturated carbocycles. The van der Waals surface area contributed by atoms with Crippen molar-refractivity contribution >= 4 is 11.6 Å². The summed E-state index contributed by atoms with van der Waals surface area (Å²) in [5.41, 5.74) is 8.73. The van der Waals surface area contributed by atoms with Gasteiger partial charge in [0.05, 0.1) is 10.6 Å². The van der Waals surface area contributed by atoms with Crippen LogP contribution >= 0.6 is 11.6 Å². The van der Waals surface area contributed by atoms with Gasteiger partial charge in [0.25, 0.3) is 0 Å². The maximum absolute atomic E-state index is 8.99. The third-order valence-electron chi connectivity index (χ3n) is 2.75. The fourth-order valence-electron chi connectivity index (χ4n) is 2.03. The van der Waals surface area contributed by atoms with Gasteiger partial charge >= 0.3 is 0 Å². The number of rotatable bonds is 0. The Balaban J connectivity index is 2.63. The molecule has 1 unspecified atom stereocenters. The zero-order valence-corrected chi connectivity index (χ0v) is 8.51. The van der Waals surface area contributed by atoms with Crippen molar-refractivity contribution in [3.63, 3.8) is 0 Å². The highest BCUT2D eigenvalue weighted by Crippen LogP contribution is 2.33. The van der Waals surface area contributed by atoms with Gasteiger partial charge in [-0.3, -0.25) is 0 Å². The average Bonchev–Trinajstić information content (AvgIpc) is 2.18. The predicted molar refractivity (Wildman–Crippen MR) is 56.0 cm³/mol. The van der Waals surface area contributed by atoms with E-state index in [2.05, 4.69) is 6.07 Å². The Bertz CT molecular complexity index is 406. The molecule has 2 rings (SSSR count). The van der Waals surface area contributed by atoms with Crippen molar-refractivity contribution < 1.29 is 0 Å². The van der Waals surface area contributed by atoms with E-state index in [1.54, 1.807) is 6.07 Å². The number of nitrogens with zero attached hydrogens (tertiary/aromatic N) is 1. The Labute approximate surface area is 88.3 Å². The van der Waals surface area contributed by atoms with Crippen LogP contribution in [0.2, 0.25) is 5.02 Å². The molecule has 0 amide bonds. The Kier molecular flexibility index (Phi) is 2.45. The minimum Gasteiger partial charge on any atom is -0.324 e. The van der Waals surface area contributed by atoms with E-state index in [0.717, 1.165) is 30.4 Å². The molecule has 1 aliphatic carbocycles. The molecule has 0 spiro atoms. The molecule has 2 N–H and O–H groups in total. The van der Waals surface area contributed by atoms with E-state index in [9.17, 15) is 0 Å². The first-order valence-corrected chi connectivity index (χ1v) is 5.09. The molecule has 0 bridgehead atoms. The van der Waals surface area contributed by atoms with Gasteiger partial charge in [0.15, 0.2) is 0 Å². The first-order valence-electron chi connectivity index (χ1n) is 4.71. The van der Waals surface area contributed by atoms with Crippen molar-refractivity contribution in [2.24, 2.45) is 5.73 Å². The number of hydrogen-bond donors (Lipinski definition) is 1. The number of benzene rings is 1. The highest BCUT2D eigenvalue weighted by molar-refractivity contribution is 6.31. The first kappa shape index (κ1) is 9.51. The van der Waals surface area contributed by atoms with Crippen molar-refractivity contribution in [2.45, 2.75) is 25.3 Å². The highest BCUT2D eigenvalue weighted by atomic mass is 35.5. The molecular formula is C11H11ClN2. The van der Waals surface area contributed by atoms with Gasteiger partial charge in [-0.15, -0.1) is 0 Å². The molecule has 0 fully saturated rings. The third-order valence-corrected chi connectivity index (χ3v) is 3.07. The van der Waals surface area contributed by atoms with Crippen molar-refractivity contribution in [3.05, 3.63) is 33.8 Å². The maximum Gasteiger partial charge on any atom is 0.101 e.